The van der Waals surface area contributed by atoms with E-state index in [-0.39, 0.29) is 22.7 Å². The first-order valence-corrected chi connectivity index (χ1v) is 10.1. The summed E-state index contributed by atoms with van der Waals surface area (Å²) in [6, 6.07) is 14.5. The number of fused-ring (bicyclic) bond motifs is 6. The summed E-state index contributed by atoms with van der Waals surface area (Å²) in [5, 5.41) is 3.65. The molecule has 2 heterocycles. The molecule has 0 saturated heterocycles. The maximum absolute atomic E-state index is 13.1. The summed E-state index contributed by atoms with van der Waals surface area (Å²) in [6.45, 7) is 2.47. The second kappa shape index (κ2) is 7.65. The fourth-order valence-corrected chi connectivity index (χ4v) is 4.26. The van der Waals surface area contributed by atoms with E-state index in [9.17, 15) is 14.4 Å². The number of nitrogens with zero attached hydrogens (tertiary/aromatic N) is 3. The highest BCUT2D eigenvalue weighted by Crippen LogP contribution is 2.57. The highest BCUT2D eigenvalue weighted by Gasteiger charge is 2.54. The summed E-state index contributed by atoms with van der Waals surface area (Å²) in [5.74, 6) is -0.884. The molecule has 0 N–H and O–H groups in total. The van der Waals surface area contributed by atoms with Gasteiger partial charge in [-0.3, -0.25) is 9.59 Å². The van der Waals surface area contributed by atoms with Crippen LogP contribution in [0.25, 0.3) is 10.4 Å². The number of hydrogen-bond donors (Lipinski definition) is 0. The van der Waals surface area contributed by atoms with Gasteiger partial charge in [-0.15, -0.1) is 0 Å². The van der Waals surface area contributed by atoms with Crippen molar-refractivity contribution in [2.24, 2.45) is 5.11 Å². The van der Waals surface area contributed by atoms with Crippen molar-refractivity contribution in [1.29, 1.82) is 0 Å². The van der Waals surface area contributed by atoms with Gasteiger partial charge in [0.1, 0.15) is 23.0 Å². The molecule has 0 fully saturated rings. The summed E-state index contributed by atoms with van der Waals surface area (Å²) >= 11 is 0. The Balaban J connectivity index is 1.81. The number of ether oxygens (including phenoxy) is 4. The van der Waals surface area contributed by atoms with Crippen LogP contribution in [0.5, 0.6) is 23.0 Å². The second-order valence-corrected chi connectivity index (χ2v) is 7.57. The van der Waals surface area contributed by atoms with Gasteiger partial charge in [0.2, 0.25) is 0 Å². The van der Waals surface area contributed by atoms with Crippen molar-refractivity contribution in [2.45, 2.75) is 19.4 Å². The van der Waals surface area contributed by atoms with Gasteiger partial charge >= 0.3 is 17.9 Å². The molecule has 10 heteroatoms. The second-order valence-electron chi connectivity index (χ2n) is 7.57. The summed E-state index contributed by atoms with van der Waals surface area (Å²) in [6.07, 6.45) is 0. The lowest BCUT2D eigenvalue weighted by Crippen LogP contribution is -2.33. The Morgan fingerprint density at radius 3 is 2.41 bits per heavy atom. The molecule has 1 atom stereocenters. The Hall–Kier alpha value is -4.82. The minimum Gasteiger partial charge on any atom is -0.456 e. The minimum atomic E-state index is -1.44. The molecule has 5 rings (SSSR count). The van der Waals surface area contributed by atoms with Crippen LogP contribution in [0.15, 0.2) is 59.7 Å². The number of azide groups is 1. The third-order valence-corrected chi connectivity index (χ3v) is 5.43. The number of carbonyl (C=O) groups excluding carboxylic acids is 3. The zero-order valence-corrected chi connectivity index (χ0v) is 17.9. The third kappa shape index (κ3) is 3.13. The number of benzene rings is 3. The third-order valence-electron chi connectivity index (χ3n) is 5.43. The summed E-state index contributed by atoms with van der Waals surface area (Å²) in [5.41, 5.74) is 9.16. The van der Waals surface area contributed by atoms with Gasteiger partial charge in [-0.25, -0.2) is 4.79 Å². The molecule has 3 aromatic carbocycles. The summed E-state index contributed by atoms with van der Waals surface area (Å²) < 4.78 is 22.4. The normalized spacial score (nSPS) is 16.8. The smallest absolute Gasteiger partial charge is 0.340 e. The molecule has 0 unspecified atom stereocenters. The lowest BCUT2D eigenvalue weighted by atomic mass is 9.77. The topological polar surface area (TPSA) is 137 Å². The minimum absolute atomic E-state index is 0.0104. The van der Waals surface area contributed by atoms with Crippen LogP contribution in [0.4, 0.5) is 5.69 Å². The largest absolute Gasteiger partial charge is 0.456 e. The Bertz CT molecular complexity index is 1460. The Morgan fingerprint density at radius 1 is 0.941 bits per heavy atom. The Kier molecular flexibility index (Phi) is 4.73. The molecule has 2 aliphatic rings. The van der Waals surface area contributed by atoms with E-state index in [4.69, 9.17) is 24.5 Å². The van der Waals surface area contributed by atoms with Crippen molar-refractivity contribution >= 4 is 23.6 Å². The van der Waals surface area contributed by atoms with Crippen molar-refractivity contribution in [1.82, 2.24) is 0 Å². The zero-order valence-electron chi connectivity index (χ0n) is 17.9. The van der Waals surface area contributed by atoms with Gasteiger partial charge < -0.3 is 18.9 Å². The van der Waals surface area contributed by atoms with Crippen molar-refractivity contribution in [2.75, 3.05) is 0 Å². The van der Waals surface area contributed by atoms with E-state index in [0.29, 0.717) is 28.2 Å². The van der Waals surface area contributed by atoms with Gasteiger partial charge in [0.05, 0.1) is 11.3 Å². The van der Waals surface area contributed by atoms with E-state index >= 15 is 0 Å². The SMILES string of the molecule is CC(=O)Oc1ccc2c(c1)Oc1ccccc1[C@@]21OC(=O)c2cc(OC(C)=O)c(N=[N+]=[N-])cc21. The number of carbonyl (C=O) groups is 3. The first kappa shape index (κ1) is 21.0. The van der Waals surface area contributed by atoms with Gasteiger partial charge in [0.15, 0.2) is 5.60 Å². The van der Waals surface area contributed by atoms with Crippen molar-refractivity contribution < 1.29 is 33.3 Å². The molecule has 10 nitrogen and oxygen atoms in total. The average Bonchev–Trinajstić information content (AvgIpc) is 3.05. The van der Waals surface area contributed by atoms with Crippen LogP contribution in [0.1, 0.15) is 40.9 Å². The lowest BCUT2D eigenvalue weighted by molar-refractivity contribution is -0.132. The highest BCUT2D eigenvalue weighted by atomic mass is 16.6. The maximum Gasteiger partial charge on any atom is 0.340 e. The van der Waals surface area contributed by atoms with Crippen molar-refractivity contribution in [3.63, 3.8) is 0 Å². The van der Waals surface area contributed by atoms with E-state index in [1.807, 2.05) is 0 Å². The predicted molar refractivity (Wildman–Crippen MR) is 116 cm³/mol. The fraction of sp³-hybridized carbons (Fsp3) is 0.125. The summed E-state index contributed by atoms with van der Waals surface area (Å²) in [7, 11) is 0. The van der Waals surface area contributed by atoms with Crippen LogP contribution < -0.4 is 14.2 Å². The van der Waals surface area contributed by atoms with E-state index in [0.717, 1.165) is 0 Å². The van der Waals surface area contributed by atoms with Crippen molar-refractivity contribution in [3.8, 4) is 23.0 Å². The van der Waals surface area contributed by atoms with Gasteiger partial charge in [-0.05, 0) is 35.9 Å². The van der Waals surface area contributed by atoms with Crippen LogP contribution in [0.2, 0.25) is 0 Å². The first-order valence-electron chi connectivity index (χ1n) is 10.1. The monoisotopic (exact) mass is 457 g/mol. The molecule has 0 bridgehead atoms. The number of para-hydroxylation sites is 1. The average molecular weight is 457 g/mol. The molecule has 0 saturated carbocycles. The first-order chi connectivity index (χ1) is 16.3. The van der Waals surface area contributed by atoms with E-state index in [1.165, 1.54) is 32.0 Å². The standard InChI is InChI=1S/C24H15N3O7/c1-12(28)31-14-7-8-17-21(9-14)33-20-6-4-3-5-16(20)24(17)18-11-19(26-27-25)22(32-13(2)29)10-15(18)23(30)34-24/h3-11H,1-2H3/t24-/m1/s1. The molecule has 0 radical (unpaired) electrons. The zero-order chi connectivity index (χ0) is 24.0. The molecule has 2 aliphatic heterocycles. The number of esters is 3. The van der Waals surface area contributed by atoms with Crippen LogP contribution in [-0.4, -0.2) is 17.9 Å². The van der Waals surface area contributed by atoms with Gasteiger partial charge in [-0.1, -0.05) is 23.3 Å². The predicted octanol–water partition coefficient (Wildman–Crippen LogP) is 5.05. The molecule has 34 heavy (non-hydrogen) atoms. The molecule has 1 spiro atoms. The fourth-order valence-electron chi connectivity index (χ4n) is 4.26. The van der Waals surface area contributed by atoms with Crippen LogP contribution >= 0.6 is 0 Å². The van der Waals surface area contributed by atoms with E-state index < -0.39 is 23.5 Å². The molecule has 0 aliphatic carbocycles. The number of hydrogen-bond acceptors (Lipinski definition) is 8. The molecular formula is C24H15N3O7. The molecule has 0 aromatic heterocycles. The molecular weight excluding hydrogens is 442 g/mol. The van der Waals surface area contributed by atoms with Gasteiger partial charge in [0, 0.05) is 41.5 Å². The number of rotatable bonds is 3. The van der Waals surface area contributed by atoms with Crippen molar-refractivity contribution in [3.05, 3.63) is 87.3 Å². The van der Waals surface area contributed by atoms with E-state index in [2.05, 4.69) is 10.0 Å². The summed E-state index contributed by atoms with van der Waals surface area (Å²) in [4.78, 5) is 38.9. The Morgan fingerprint density at radius 2 is 1.68 bits per heavy atom. The maximum atomic E-state index is 13.1. The quantitative estimate of drug-likeness (QED) is 0.176. The van der Waals surface area contributed by atoms with Crippen LogP contribution in [0.3, 0.4) is 0 Å². The van der Waals surface area contributed by atoms with Crippen LogP contribution in [0, 0.1) is 0 Å². The van der Waals surface area contributed by atoms with Gasteiger partial charge in [-0.2, -0.15) is 0 Å². The molecule has 3 aromatic rings. The molecule has 168 valence electrons. The molecule has 0 amide bonds. The highest BCUT2D eigenvalue weighted by molar-refractivity contribution is 5.98. The van der Waals surface area contributed by atoms with E-state index in [1.54, 1.807) is 36.4 Å². The lowest BCUT2D eigenvalue weighted by Gasteiger charge is -2.36. The van der Waals surface area contributed by atoms with Gasteiger partial charge in [0.25, 0.3) is 0 Å². The van der Waals surface area contributed by atoms with Crippen LogP contribution in [-0.2, 0) is 19.9 Å². The Labute approximate surface area is 192 Å².